The molecule has 1 aliphatic carbocycles. The number of anilines is 2. The molecule has 0 atom stereocenters. The minimum absolute atomic E-state index is 0.00994. The first kappa shape index (κ1) is 26.8. The number of rotatable bonds is 8. The number of aromatic nitrogens is 1. The molecule has 0 radical (unpaired) electrons. The molecule has 3 aliphatic rings. The number of hydrogen-bond acceptors (Lipinski definition) is 8. The molecule has 41 heavy (non-hydrogen) atoms. The Hall–Kier alpha value is -4.45. The first-order valence-electron chi connectivity index (χ1n) is 13.6. The predicted molar refractivity (Wildman–Crippen MR) is 151 cm³/mol. The van der Waals surface area contributed by atoms with Gasteiger partial charge in [-0.25, -0.2) is 9.18 Å². The van der Waals surface area contributed by atoms with Gasteiger partial charge < -0.3 is 24.1 Å². The zero-order chi connectivity index (χ0) is 28.8. The Morgan fingerprint density at radius 2 is 1.88 bits per heavy atom. The van der Waals surface area contributed by atoms with Crippen molar-refractivity contribution in [1.82, 2.24) is 9.47 Å². The van der Waals surface area contributed by atoms with Gasteiger partial charge in [-0.1, -0.05) is 23.4 Å². The van der Waals surface area contributed by atoms with Gasteiger partial charge in [0.2, 0.25) is 5.43 Å². The molecule has 12 heteroatoms. The molecule has 3 heterocycles. The molecule has 1 saturated heterocycles. The maximum atomic E-state index is 15.7. The van der Waals surface area contributed by atoms with E-state index in [2.05, 4.69) is 10.1 Å². The summed E-state index contributed by atoms with van der Waals surface area (Å²) in [5.74, 6) is -2.01. The summed E-state index contributed by atoms with van der Waals surface area (Å²) in [5.41, 5.74) is 1.28. The van der Waals surface area contributed by atoms with Gasteiger partial charge in [0.05, 0.1) is 30.4 Å². The molecule has 6 rings (SSSR count). The fraction of sp³-hybridized carbons (Fsp3) is 0.379. The maximum Gasteiger partial charge on any atom is 0.341 e. The minimum Gasteiger partial charge on any atom is -0.492 e. The lowest BCUT2D eigenvalue weighted by atomic mass is 10.1. The number of ether oxygens (including phenoxy) is 1. The van der Waals surface area contributed by atoms with Crippen molar-refractivity contribution in [1.29, 1.82) is 0 Å². The van der Waals surface area contributed by atoms with E-state index < -0.39 is 17.2 Å². The number of halogens is 1. The smallest absolute Gasteiger partial charge is 0.341 e. The number of pyridine rings is 1. The first-order chi connectivity index (χ1) is 19.8. The van der Waals surface area contributed by atoms with Crippen LogP contribution in [0.1, 0.15) is 41.7 Å². The molecule has 1 amide bonds. The van der Waals surface area contributed by atoms with Gasteiger partial charge >= 0.3 is 5.97 Å². The van der Waals surface area contributed by atoms with Gasteiger partial charge in [0.25, 0.3) is 5.91 Å². The lowest BCUT2D eigenvalue weighted by molar-refractivity contribution is -0.112. The molecule has 11 nitrogen and oxygen atoms in total. The number of aromatic carboxylic acids is 1. The summed E-state index contributed by atoms with van der Waals surface area (Å²) in [6.07, 6.45) is 3.02. The van der Waals surface area contributed by atoms with Gasteiger partial charge in [0.1, 0.15) is 17.9 Å². The highest BCUT2D eigenvalue weighted by Gasteiger charge is 2.37. The highest BCUT2D eigenvalue weighted by Crippen LogP contribution is 2.44. The number of piperazine rings is 1. The van der Waals surface area contributed by atoms with Crippen LogP contribution in [0.3, 0.4) is 0 Å². The number of carbonyl (C=O) groups excluding carboxylic acids is 1. The van der Waals surface area contributed by atoms with Crippen molar-refractivity contribution in [3.05, 3.63) is 63.7 Å². The number of carboxylic acids is 1. The maximum absolute atomic E-state index is 15.7. The zero-order valence-electron chi connectivity index (χ0n) is 22.8. The summed E-state index contributed by atoms with van der Waals surface area (Å²) < 4.78 is 23.2. The normalized spacial score (nSPS) is 18.3. The largest absolute Gasteiger partial charge is 0.492 e. The van der Waals surface area contributed by atoms with Crippen molar-refractivity contribution in [2.45, 2.75) is 25.8 Å². The monoisotopic (exact) mass is 563 g/mol. The number of carboxylic acid groups (broad SMARTS) is 1. The summed E-state index contributed by atoms with van der Waals surface area (Å²) in [7, 11) is 1.43. The molecule has 2 aromatic carbocycles. The topological polar surface area (TPSA) is 117 Å². The van der Waals surface area contributed by atoms with Crippen LogP contribution in [0, 0.1) is 5.82 Å². The third-order valence-electron chi connectivity index (χ3n) is 7.79. The number of benzene rings is 2. The minimum atomic E-state index is -1.35. The number of para-hydroxylation sites is 1. The Morgan fingerprint density at radius 3 is 2.54 bits per heavy atom. The molecular formula is C29H30FN5O6. The van der Waals surface area contributed by atoms with E-state index in [0.717, 1.165) is 30.2 Å². The molecule has 1 aromatic heterocycles. The Bertz CT molecular complexity index is 1640. The lowest BCUT2D eigenvalue weighted by Gasteiger charge is -2.38. The number of hydrogen-bond donors (Lipinski definition) is 1. The van der Waals surface area contributed by atoms with E-state index in [4.69, 9.17) is 9.57 Å². The third-order valence-corrected chi connectivity index (χ3v) is 7.79. The summed E-state index contributed by atoms with van der Waals surface area (Å²) >= 11 is 0. The van der Waals surface area contributed by atoms with Crippen LogP contribution in [-0.4, -0.2) is 78.7 Å². The van der Waals surface area contributed by atoms with Crippen molar-refractivity contribution in [3.8, 4) is 5.75 Å². The summed E-state index contributed by atoms with van der Waals surface area (Å²) in [4.78, 5) is 48.8. The number of nitrogens with zero attached hydrogens (tertiary/aromatic N) is 5. The number of methoxy groups -OCH3 is 1. The van der Waals surface area contributed by atoms with Crippen LogP contribution in [-0.2, 0) is 9.63 Å². The second kappa shape index (κ2) is 10.5. The molecule has 1 saturated carbocycles. The molecule has 1 N–H and O–H groups in total. The number of carbonyl (C=O) groups is 2. The summed E-state index contributed by atoms with van der Waals surface area (Å²) in [6.45, 7) is 4.47. The Morgan fingerprint density at radius 1 is 1.15 bits per heavy atom. The van der Waals surface area contributed by atoms with Crippen molar-refractivity contribution in [3.63, 3.8) is 0 Å². The molecule has 214 valence electrons. The quantitative estimate of drug-likeness (QED) is 0.416. The van der Waals surface area contributed by atoms with Crippen LogP contribution in [0.25, 0.3) is 10.9 Å². The van der Waals surface area contributed by atoms with E-state index in [1.165, 1.54) is 13.3 Å². The molecule has 2 fully saturated rings. The van der Waals surface area contributed by atoms with E-state index in [0.29, 0.717) is 45.0 Å². The lowest BCUT2D eigenvalue weighted by Crippen LogP contribution is -2.51. The van der Waals surface area contributed by atoms with Crippen LogP contribution in [0.4, 0.5) is 15.8 Å². The number of fused-ring (bicyclic) bond motifs is 2. The summed E-state index contributed by atoms with van der Waals surface area (Å²) in [5, 5.41) is 13.6. The van der Waals surface area contributed by atoms with Crippen LogP contribution >= 0.6 is 0 Å². The van der Waals surface area contributed by atoms with Crippen LogP contribution < -0.4 is 20.0 Å². The van der Waals surface area contributed by atoms with Crippen LogP contribution in [0.5, 0.6) is 5.75 Å². The van der Waals surface area contributed by atoms with E-state index in [1.54, 1.807) is 16.4 Å². The van der Waals surface area contributed by atoms with E-state index in [-0.39, 0.29) is 40.0 Å². The second-order valence-corrected chi connectivity index (χ2v) is 10.3. The predicted octanol–water partition coefficient (Wildman–Crippen LogP) is 3.05. The van der Waals surface area contributed by atoms with Gasteiger partial charge in [-0.05, 0) is 31.9 Å². The highest BCUT2D eigenvalue weighted by atomic mass is 19.1. The second-order valence-electron chi connectivity index (χ2n) is 10.3. The molecule has 0 unspecified atom stereocenters. The standard InChI is InChI=1S/C29H30FN5O6/c1-3-41-31-23-18-6-4-5-7-22(18)35(28(23)37)16-32-10-12-33(13-11-32)25-21(30)14-19-24(27(25)40-2)34(17-8-9-17)15-20(26(19)36)29(38)39/h4-7,14-15,17H,3,8-13,16H2,1-2H3,(H,38,39)/b31-23+. The molecule has 3 aromatic rings. The third kappa shape index (κ3) is 4.57. The van der Waals surface area contributed by atoms with Crippen molar-refractivity contribution in [2.24, 2.45) is 5.16 Å². The van der Waals surface area contributed by atoms with Crippen molar-refractivity contribution in [2.75, 3.05) is 56.4 Å². The van der Waals surface area contributed by atoms with E-state index >= 15 is 4.39 Å². The SMILES string of the molecule is CCO/N=C1/C(=O)N(CN2CCN(c3c(F)cc4c(=O)c(C(=O)O)cn(C5CC5)c4c3OC)CC2)c2ccccc21. The average molecular weight is 564 g/mol. The Kier molecular flexibility index (Phi) is 6.86. The number of amides is 1. The Balaban J connectivity index is 1.27. The van der Waals surface area contributed by atoms with Gasteiger partial charge in [0.15, 0.2) is 17.3 Å². The van der Waals surface area contributed by atoms with Crippen LogP contribution in [0.2, 0.25) is 0 Å². The summed E-state index contributed by atoms with van der Waals surface area (Å²) in [6, 6.07) is 8.60. The first-order valence-corrected chi connectivity index (χ1v) is 13.6. The number of oxime groups is 1. The molecule has 0 spiro atoms. The molecule has 2 aliphatic heterocycles. The molecule has 0 bridgehead atoms. The van der Waals surface area contributed by atoms with Gasteiger partial charge in [-0.2, -0.15) is 0 Å². The van der Waals surface area contributed by atoms with Crippen LogP contribution in [0.15, 0.2) is 46.5 Å². The van der Waals surface area contributed by atoms with Gasteiger partial charge in [-0.15, -0.1) is 0 Å². The fourth-order valence-electron chi connectivity index (χ4n) is 5.66. The highest BCUT2D eigenvalue weighted by molar-refractivity contribution is 6.54. The van der Waals surface area contributed by atoms with E-state index in [9.17, 15) is 19.5 Å². The zero-order valence-corrected chi connectivity index (χ0v) is 22.8. The average Bonchev–Trinajstić information content (AvgIpc) is 3.78. The van der Waals surface area contributed by atoms with Gasteiger partial charge in [-0.3, -0.25) is 19.4 Å². The van der Waals surface area contributed by atoms with Crippen molar-refractivity contribution >= 4 is 39.9 Å². The van der Waals surface area contributed by atoms with Crippen molar-refractivity contribution < 1.29 is 28.7 Å². The fourth-order valence-corrected chi connectivity index (χ4v) is 5.66. The molecular weight excluding hydrogens is 533 g/mol. The van der Waals surface area contributed by atoms with E-state index in [1.807, 2.05) is 29.2 Å². The Labute approximate surface area is 234 Å². The van der Waals surface area contributed by atoms with Gasteiger partial charge in [0, 0.05) is 44.0 Å².